The predicted molar refractivity (Wildman–Crippen MR) is 249 cm³/mol. The van der Waals surface area contributed by atoms with Gasteiger partial charge in [0.1, 0.15) is 0 Å². The molecule has 60 heavy (non-hydrogen) atoms. The molecule has 1 saturated carbocycles. The Hall–Kier alpha value is -0.600. The van der Waals surface area contributed by atoms with Crippen LogP contribution >= 0.6 is 0 Å². The number of hydrogen-bond donors (Lipinski definition) is 10. The molecule has 368 valence electrons. The van der Waals surface area contributed by atoms with Crippen molar-refractivity contribution >= 4 is 0 Å². The molecule has 0 aromatic heterocycles. The molecule has 10 N–H and O–H groups in total. The van der Waals surface area contributed by atoms with Crippen molar-refractivity contribution in [2.75, 3.05) is 145 Å². The second-order valence-electron chi connectivity index (χ2n) is 16.3. The Kier molecular flexibility index (Phi) is 56.1. The van der Waals surface area contributed by atoms with Gasteiger partial charge in [-0.15, -0.1) is 0 Å². The Labute approximate surface area is 369 Å². The maximum Gasteiger partial charge on any atom is 0.0586 e. The van der Waals surface area contributed by atoms with Crippen LogP contribution in [0.4, 0.5) is 0 Å². The Morgan fingerprint density at radius 3 is 1.23 bits per heavy atom. The molecular weight excluding hydrogens is 771 g/mol. The Morgan fingerprint density at radius 1 is 0.450 bits per heavy atom. The highest BCUT2D eigenvalue weighted by atomic mass is 16.3. The van der Waals surface area contributed by atoms with E-state index in [1.54, 1.807) is 0 Å². The van der Waals surface area contributed by atoms with E-state index >= 15 is 0 Å². The molecule has 1 rings (SSSR count). The summed E-state index contributed by atoms with van der Waals surface area (Å²) in [5.74, 6) is 0. The Morgan fingerprint density at radius 2 is 0.883 bits per heavy atom. The lowest BCUT2D eigenvalue weighted by Crippen LogP contribution is -2.44. The summed E-state index contributed by atoms with van der Waals surface area (Å²) in [5.41, 5.74) is 0.0332. The average molecular weight is 874 g/mol. The van der Waals surface area contributed by atoms with Gasteiger partial charge in [0.05, 0.1) is 66.1 Å². The molecule has 1 aliphatic rings. The number of β-amino-alcohol motifs (C(OH)–C–C–N with tert-alkyl or cyclic N) is 2. The molecule has 15 heteroatoms. The summed E-state index contributed by atoms with van der Waals surface area (Å²) in [6.45, 7) is 25.4. The average Bonchev–Trinajstić information content (AvgIpc) is 3.23. The summed E-state index contributed by atoms with van der Waals surface area (Å²) in [6.07, 6.45) is 15.8. The highest BCUT2D eigenvalue weighted by Crippen LogP contribution is 2.22. The summed E-state index contributed by atoms with van der Waals surface area (Å²) in [6, 6.07) is 0.840. The predicted octanol–water partition coefficient (Wildman–Crippen LogP) is 2.07. The number of aliphatic hydroxyl groups excluding tert-OH is 10. The van der Waals surface area contributed by atoms with E-state index in [4.69, 9.17) is 46.0 Å². The van der Waals surface area contributed by atoms with Gasteiger partial charge >= 0.3 is 0 Å². The first-order valence-corrected chi connectivity index (χ1v) is 23.7. The van der Waals surface area contributed by atoms with Crippen molar-refractivity contribution in [1.29, 1.82) is 0 Å². The van der Waals surface area contributed by atoms with E-state index in [0.717, 1.165) is 45.3 Å². The lowest BCUT2D eigenvalue weighted by atomic mass is 9.94. The maximum atomic E-state index is 9.29. The first-order chi connectivity index (χ1) is 28.9. The summed E-state index contributed by atoms with van der Waals surface area (Å²) in [7, 11) is 0. The standard InChI is InChI=1S/C12H27NO2.C10H21NO2.2C8H19NO2.C7H17NO2/c1-3-5-6-7-8-12(11-15)13(4-2)9-10-14;12-8-6-11(7-9-13)10-4-2-1-3-5-10;1-8(2,3)9(4-6-10)5-7-11;1-2-3-4-9(5-7-10)6-8-11;1-2-3-8(4-6-9)5-7-10/h12,14-15H,3-11H2,1-2H3;10,12-13H,1-9H2;10-11H,4-7H2,1-3H3;10-11H,2-8H2,1H3;9-10H,2-7H2,1H3. The molecule has 0 saturated heterocycles. The SMILES string of the molecule is CC(C)(C)N(CCO)CCO.CCCCCCC(CO)N(CC)CCO.CCCCN(CCO)CCO.CCCN(CCO)CCO.OCCN(CCO)C1CCCCC1. The minimum Gasteiger partial charge on any atom is -0.395 e. The number of rotatable bonds is 32. The zero-order chi connectivity index (χ0) is 46.3. The third kappa shape index (κ3) is 42.7. The van der Waals surface area contributed by atoms with Crippen LogP contribution in [0, 0.1) is 0 Å². The van der Waals surface area contributed by atoms with Gasteiger partial charge in [-0.3, -0.25) is 24.5 Å². The third-order valence-corrected chi connectivity index (χ3v) is 10.5. The van der Waals surface area contributed by atoms with E-state index in [9.17, 15) is 5.11 Å². The summed E-state index contributed by atoms with van der Waals surface area (Å²) >= 11 is 0. The maximum absolute atomic E-state index is 9.29. The van der Waals surface area contributed by atoms with E-state index in [1.807, 2.05) is 9.80 Å². The van der Waals surface area contributed by atoms with Crippen LogP contribution in [0.25, 0.3) is 0 Å². The zero-order valence-corrected chi connectivity index (χ0v) is 40.1. The van der Waals surface area contributed by atoms with Crippen molar-refractivity contribution in [3.05, 3.63) is 0 Å². The fourth-order valence-corrected chi connectivity index (χ4v) is 7.06. The van der Waals surface area contributed by atoms with Crippen LogP contribution in [-0.4, -0.2) is 238 Å². The van der Waals surface area contributed by atoms with Crippen LogP contribution in [0.2, 0.25) is 0 Å². The third-order valence-electron chi connectivity index (χ3n) is 10.5. The fraction of sp³-hybridized carbons (Fsp3) is 1.00. The monoisotopic (exact) mass is 874 g/mol. The molecule has 0 bridgehead atoms. The van der Waals surface area contributed by atoms with Crippen LogP contribution in [0.5, 0.6) is 0 Å². The smallest absolute Gasteiger partial charge is 0.0586 e. The molecule has 0 heterocycles. The van der Waals surface area contributed by atoms with E-state index in [-0.39, 0.29) is 77.6 Å². The van der Waals surface area contributed by atoms with Gasteiger partial charge in [-0.25, -0.2) is 0 Å². The van der Waals surface area contributed by atoms with Gasteiger partial charge < -0.3 is 51.1 Å². The molecule has 0 amide bonds. The van der Waals surface area contributed by atoms with Crippen LogP contribution in [0.15, 0.2) is 0 Å². The van der Waals surface area contributed by atoms with Gasteiger partial charge in [0, 0.05) is 76.5 Å². The zero-order valence-electron chi connectivity index (χ0n) is 40.1. The molecule has 1 aliphatic carbocycles. The lowest BCUT2D eigenvalue weighted by molar-refractivity contribution is 0.0841. The molecule has 0 spiro atoms. The molecule has 0 aliphatic heterocycles. The van der Waals surface area contributed by atoms with Gasteiger partial charge in [0.2, 0.25) is 0 Å². The van der Waals surface area contributed by atoms with Crippen LogP contribution < -0.4 is 0 Å². The number of likely N-dealkylation sites (N-methyl/N-ethyl adjacent to an activating group) is 1. The minimum atomic E-state index is 0.0332. The summed E-state index contributed by atoms with van der Waals surface area (Å²) in [5, 5.41) is 87.7. The molecular formula is C45H103N5O10. The first kappa shape index (κ1) is 66.0. The summed E-state index contributed by atoms with van der Waals surface area (Å²) in [4.78, 5) is 10.5. The Balaban J connectivity index is -0.000000329. The molecule has 1 atom stereocenters. The van der Waals surface area contributed by atoms with Crippen molar-refractivity contribution in [2.24, 2.45) is 0 Å². The van der Waals surface area contributed by atoms with Crippen LogP contribution in [-0.2, 0) is 0 Å². The molecule has 15 nitrogen and oxygen atoms in total. The number of hydrogen-bond acceptors (Lipinski definition) is 15. The number of unbranched alkanes of at least 4 members (excludes halogenated alkanes) is 4. The number of aliphatic hydroxyl groups is 10. The molecule has 1 unspecified atom stereocenters. The highest BCUT2D eigenvalue weighted by molar-refractivity contribution is 4.76. The van der Waals surface area contributed by atoms with Gasteiger partial charge in [-0.1, -0.05) is 79.1 Å². The normalized spacial score (nSPS) is 13.7. The van der Waals surface area contributed by atoms with Gasteiger partial charge in [0.15, 0.2) is 0 Å². The largest absolute Gasteiger partial charge is 0.395 e. The van der Waals surface area contributed by atoms with E-state index < -0.39 is 0 Å². The molecule has 0 aromatic rings. The van der Waals surface area contributed by atoms with Crippen molar-refractivity contribution in [3.63, 3.8) is 0 Å². The molecule has 0 radical (unpaired) electrons. The topological polar surface area (TPSA) is 218 Å². The Bertz CT molecular complexity index is 753. The van der Waals surface area contributed by atoms with E-state index in [1.165, 1.54) is 57.8 Å². The quantitative estimate of drug-likeness (QED) is 0.0438. The number of nitrogens with zero attached hydrogens (tertiary/aromatic N) is 5. The molecule has 0 aromatic carbocycles. The van der Waals surface area contributed by atoms with Crippen molar-refractivity contribution in [2.45, 2.75) is 150 Å². The minimum absolute atomic E-state index is 0.0332. The van der Waals surface area contributed by atoms with Gasteiger partial charge in [0.25, 0.3) is 0 Å². The fourth-order valence-electron chi connectivity index (χ4n) is 7.06. The van der Waals surface area contributed by atoms with Crippen molar-refractivity contribution in [3.8, 4) is 0 Å². The highest BCUT2D eigenvalue weighted by Gasteiger charge is 2.20. The van der Waals surface area contributed by atoms with E-state index in [0.29, 0.717) is 64.9 Å². The first-order valence-electron chi connectivity index (χ1n) is 23.7. The van der Waals surface area contributed by atoms with Crippen LogP contribution in [0.3, 0.4) is 0 Å². The van der Waals surface area contributed by atoms with Crippen molar-refractivity contribution < 1.29 is 51.1 Å². The van der Waals surface area contributed by atoms with Crippen LogP contribution in [0.1, 0.15) is 132 Å². The van der Waals surface area contributed by atoms with Crippen molar-refractivity contribution in [1.82, 2.24) is 24.5 Å². The second kappa shape index (κ2) is 51.0. The van der Waals surface area contributed by atoms with Gasteiger partial charge in [-0.2, -0.15) is 0 Å². The van der Waals surface area contributed by atoms with E-state index in [2.05, 4.69) is 63.2 Å². The van der Waals surface area contributed by atoms with Gasteiger partial charge in [-0.05, 0) is 72.5 Å². The lowest BCUT2D eigenvalue weighted by Gasteiger charge is -2.34. The second-order valence-corrected chi connectivity index (χ2v) is 16.3. The molecule has 1 fully saturated rings. The summed E-state index contributed by atoms with van der Waals surface area (Å²) < 4.78 is 0.